The van der Waals surface area contributed by atoms with E-state index >= 15 is 0 Å². The zero-order chi connectivity index (χ0) is 21.9. The van der Waals surface area contributed by atoms with Crippen LogP contribution in [0.1, 0.15) is 45.8 Å². The molecule has 1 amide bonds. The Kier molecular flexibility index (Phi) is 10.8. The smallest absolute Gasteiger partial charge is 0.236 e. The first-order valence-corrected chi connectivity index (χ1v) is 12.1. The molecule has 1 aliphatic heterocycles. The Hall–Kier alpha value is -1.42. The number of amides is 1. The molecular weight excluding hydrogens is 418 g/mol. The molecule has 0 saturated carbocycles. The third kappa shape index (κ3) is 7.68. The van der Waals surface area contributed by atoms with Gasteiger partial charge in [-0.2, -0.15) is 12.6 Å². The summed E-state index contributed by atoms with van der Waals surface area (Å²) in [5, 5.41) is 6.47. The van der Waals surface area contributed by atoms with Crippen LogP contribution in [0.5, 0.6) is 0 Å². The van der Waals surface area contributed by atoms with Crippen molar-refractivity contribution in [2.24, 2.45) is 10.7 Å². The van der Waals surface area contributed by atoms with Crippen LogP contribution in [0.4, 0.5) is 0 Å². The molecule has 0 saturated heterocycles. The lowest BCUT2D eigenvalue weighted by atomic mass is 10.1. The lowest BCUT2D eigenvalue weighted by molar-refractivity contribution is -0.122. The summed E-state index contributed by atoms with van der Waals surface area (Å²) in [6.07, 6.45) is 4.21. The maximum absolute atomic E-state index is 12.5. The van der Waals surface area contributed by atoms with E-state index in [0.29, 0.717) is 24.4 Å². The molecule has 2 heterocycles. The molecule has 1 aliphatic rings. The zero-order valence-corrected chi connectivity index (χ0v) is 19.9. The number of nitrogens with one attached hydrogen (secondary N) is 2. The largest absolute Gasteiger partial charge is 0.463 e. The van der Waals surface area contributed by atoms with Crippen molar-refractivity contribution in [1.82, 2.24) is 15.5 Å². The number of likely N-dealkylation sites (N-methyl/N-ethyl adjacent to an activating group) is 1. The highest BCUT2D eigenvalue weighted by atomic mass is 32.2. The van der Waals surface area contributed by atoms with Crippen LogP contribution in [0.15, 0.2) is 38.4 Å². The summed E-state index contributed by atoms with van der Waals surface area (Å²) in [7, 11) is 0. The molecule has 0 fully saturated rings. The molecule has 30 heavy (non-hydrogen) atoms. The first-order chi connectivity index (χ1) is 14.5. The van der Waals surface area contributed by atoms with Crippen molar-refractivity contribution in [1.29, 1.82) is 0 Å². The number of thioether (sulfide) groups is 1. The van der Waals surface area contributed by atoms with E-state index in [-0.39, 0.29) is 11.2 Å². The van der Waals surface area contributed by atoms with Crippen LogP contribution in [-0.2, 0) is 4.79 Å². The molecule has 1 aromatic rings. The monoisotopic (exact) mass is 453 g/mol. The first-order valence-electron chi connectivity index (χ1n) is 10.7. The highest BCUT2D eigenvalue weighted by molar-refractivity contribution is 8.05. The second kappa shape index (κ2) is 13.1. The molecule has 2 unspecified atom stereocenters. The summed E-state index contributed by atoms with van der Waals surface area (Å²) in [5.41, 5.74) is 7.47. The summed E-state index contributed by atoms with van der Waals surface area (Å²) < 4.78 is 5.57. The highest BCUT2D eigenvalue weighted by Crippen LogP contribution is 2.35. The fraction of sp³-hybridized carbons (Fsp3) is 0.619. The average molecular weight is 454 g/mol. The molecule has 2 rings (SSSR count). The third-order valence-electron chi connectivity index (χ3n) is 4.74. The molecule has 2 atom stereocenters. The van der Waals surface area contributed by atoms with E-state index in [9.17, 15) is 4.79 Å². The van der Waals surface area contributed by atoms with Gasteiger partial charge < -0.3 is 20.8 Å². The van der Waals surface area contributed by atoms with Crippen LogP contribution >= 0.6 is 24.4 Å². The lowest BCUT2D eigenvalue weighted by Crippen LogP contribution is -2.40. The van der Waals surface area contributed by atoms with Gasteiger partial charge in [0.05, 0.1) is 17.7 Å². The van der Waals surface area contributed by atoms with E-state index in [1.165, 1.54) is 11.8 Å². The van der Waals surface area contributed by atoms with Gasteiger partial charge in [0.1, 0.15) is 5.71 Å². The number of hydrogen-bond donors (Lipinski definition) is 4. The summed E-state index contributed by atoms with van der Waals surface area (Å²) in [6.45, 7) is 10.2. The summed E-state index contributed by atoms with van der Waals surface area (Å²) in [5.74, 6) is 0.615. The quantitative estimate of drug-likeness (QED) is 0.271. The van der Waals surface area contributed by atoms with E-state index in [4.69, 9.17) is 15.1 Å². The standard InChI is InChI=1S/C21H35N5O2S2/c1-4-11-26(6-3)14-18(27)24-21-25-19(17-8-7-12-28-17)20(30-21)16(22)13-15(29)9-10-23-5-2/h7-8,12,15,21,23,29H,4-6,9-11,13-14,22H2,1-3H3,(H,24,27). The number of carbonyl (C=O) groups excluding carboxylic acids is 1. The molecule has 4 N–H and O–H groups in total. The number of hydrogen-bond acceptors (Lipinski definition) is 8. The van der Waals surface area contributed by atoms with E-state index in [0.717, 1.165) is 49.6 Å². The minimum atomic E-state index is -0.411. The summed E-state index contributed by atoms with van der Waals surface area (Å²) >= 11 is 6.15. The number of thiol groups is 1. The number of allylic oxidation sites excluding steroid dienone is 2. The van der Waals surface area contributed by atoms with Gasteiger partial charge in [-0.15, -0.1) is 0 Å². The van der Waals surface area contributed by atoms with Crippen molar-refractivity contribution >= 4 is 36.0 Å². The lowest BCUT2D eigenvalue weighted by Gasteiger charge is -2.19. The Morgan fingerprint density at radius 1 is 1.43 bits per heavy atom. The number of rotatable bonds is 13. The number of nitrogens with two attached hydrogens (primary N) is 1. The van der Waals surface area contributed by atoms with Crippen LogP contribution in [0, 0.1) is 0 Å². The second-order valence-corrected chi connectivity index (χ2v) is 9.04. The van der Waals surface area contributed by atoms with E-state index in [1.807, 2.05) is 12.1 Å². The van der Waals surface area contributed by atoms with Crippen LogP contribution in [-0.4, -0.2) is 60.0 Å². The maximum atomic E-state index is 12.5. The fourth-order valence-electron chi connectivity index (χ4n) is 3.19. The fourth-order valence-corrected chi connectivity index (χ4v) is 4.59. The molecule has 0 aliphatic carbocycles. The molecule has 0 bridgehead atoms. The minimum Gasteiger partial charge on any atom is -0.463 e. The Morgan fingerprint density at radius 3 is 2.87 bits per heavy atom. The van der Waals surface area contributed by atoms with Crippen molar-refractivity contribution in [3.8, 4) is 0 Å². The maximum Gasteiger partial charge on any atom is 0.236 e. The normalized spacial score (nSPS) is 19.1. The van der Waals surface area contributed by atoms with Gasteiger partial charge in [0, 0.05) is 10.9 Å². The van der Waals surface area contributed by atoms with Crippen LogP contribution in [0.3, 0.4) is 0 Å². The zero-order valence-electron chi connectivity index (χ0n) is 18.2. The van der Waals surface area contributed by atoms with Gasteiger partial charge in [-0.25, -0.2) is 4.99 Å². The predicted molar refractivity (Wildman–Crippen MR) is 129 cm³/mol. The third-order valence-corrected chi connectivity index (χ3v) is 6.31. The Bertz CT molecular complexity index is 721. The first kappa shape index (κ1) is 24.8. The molecule has 9 heteroatoms. The Balaban J connectivity index is 2.08. The van der Waals surface area contributed by atoms with Crippen molar-refractivity contribution in [3.05, 3.63) is 34.8 Å². The van der Waals surface area contributed by atoms with E-state index in [1.54, 1.807) is 6.26 Å². The summed E-state index contributed by atoms with van der Waals surface area (Å²) in [6, 6.07) is 3.68. The SMILES string of the molecule is CCCN(CC)CC(=O)NC1N=C(c2ccco2)C(=C(N)CC(S)CCNCC)S1. The molecule has 7 nitrogen and oxygen atoms in total. The van der Waals surface area contributed by atoms with Crippen LogP contribution in [0.2, 0.25) is 0 Å². The molecule has 0 radical (unpaired) electrons. The van der Waals surface area contributed by atoms with Crippen LogP contribution < -0.4 is 16.4 Å². The van der Waals surface area contributed by atoms with E-state index in [2.05, 4.69) is 48.9 Å². The van der Waals surface area contributed by atoms with Gasteiger partial charge in [0.2, 0.25) is 5.91 Å². The number of carbonyl (C=O) groups is 1. The van der Waals surface area contributed by atoms with Crippen molar-refractivity contribution in [3.63, 3.8) is 0 Å². The topological polar surface area (TPSA) is 95.9 Å². The Labute approximate surface area is 189 Å². The summed E-state index contributed by atoms with van der Waals surface area (Å²) in [4.78, 5) is 20.2. The van der Waals surface area contributed by atoms with Gasteiger partial charge in [-0.1, -0.05) is 32.5 Å². The molecule has 0 aromatic carbocycles. The molecule has 1 aromatic heterocycles. The van der Waals surface area contributed by atoms with Gasteiger partial charge in [-0.3, -0.25) is 9.69 Å². The molecule has 0 spiro atoms. The van der Waals surface area contributed by atoms with Crippen molar-refractivity contribution in [2.75, 3.05) is 32.7 Å². The van der Waals surface area contributed by atoms with Gasteiger partial charge in [-0.05, 0) is 57.6 Å². The average Bonchev–Trinajstić information content (AvgIpc) is 3.37. The second-order valence-electron chi connectivity index (χ2n) is 7.22. The van der Waals surface area contributed by atoms with Crippen molar-refractivity contribution < 1.29 is 9.21 Å². The van der Waals surface area contributed by atoms with Gasteiger partial charge >= 0.3 is 0 Å². The Morgan fingerprint density at radius 2 is 2.23 bits per heavy atom. The number of aliphatic imine (C=N–C) groups is 1. The molecular formula is C21H35N5O2S2. The highest BCUT2D eigenvalue weighted by Gasteiger charge is 2.30. The minimum absolute atomic E-state index is 0.0390. The van der Waals surface area contributed by atoms with Crippen LogP contribution in [0.25, 0.3) is 0 Å². The predicted octanol–water partition coefficient (Wildman–Crippen LogP) is 2.81. The number of furan rings is 1. The number of nitrogens with zero attached hydrogens (tertiary/aromatic N) is 2. The van der Waals surface area contributed by atoms with Gasteiger partial charge in [0.25, 0.3) is 0 Å². The van der Waals surface area contributed by atoms with E-state index < -0.39 is 5.50 Å². The molecule has 168 valence electrons. The van der Waals surface area contributed by atoms with Gasteiger partial charge in [0.15, 0.2) is 11.3 Å². The van der Waals surface area contributed by atoms with Crippen molar-refractivity contribution in [2.45, 2.75) is 50.8 Å².